The first-order valence-electron chi connectivity index (χ1n) is 5.97. The minimum absolute atomic E-state index is 0.557. The molecule has 17 heavy (non-hydrogen) atoms. The molecule has 0 fully saturated rings. The Labute approximate surface area is 106 Å². The van der Waals surface area contributed by atoms with Crippen molar-refractivity contribution in [3.63, 3.8) is 0 Å². The molecule has 0 aliphatic rings. The van der Waals surface area contributed by atoms with E-state index in [4.69, 9.17) is 11.6 Å². The van der Waals surface area contributed by atoms with Crippen molar-refractivity contribution in [2.75, 3.05) is 0 Å². The van der Waals surface area contributed by atoms with Crippen molar-refractivity contribution < 1.29 is 5.11 Å². The van der Waals surface area contributed by atoms with Gasteiger partial charge in [0.05, 0.1) is 11.0 Å². The van der Waals surface area contributed by atoms with Crippen LogP contribution < -0.4 is 0 Å². The maximum atomic E-state index is 9.76. The lowest BCUT2D eigenvalue weighted by Crippen LogP contribution is -2.06. The summed E-state index contributed by atoms with van der Waals surface area (Å²) in [4.78, 5) is 4.45. The summed E-state index contributed by atoms with van der Waals surface area (Å²) < 4.78 is 2.08. The number of hydrogen-bond donors (Lipinski definition) is 1. The zero-order chi connectivity index (χ0) is 12.4. The molecule has 0 aliphatic heterocycles. The summed E-state index contributed by atoms with van der Waals surface area (Å²) in [6.07, 6.45) is 1.64. The van der Waals surface area contributed by atoms with Crippen molar-refractivity contribution in [2.24, 2.45) is 0 Å². The van der Waals surface area contributed by atoms with Gasteiger partial charge in [-0.1, -0.05) is 24.9 Å². The molecule has 3 nitrogen and oxygen atoms in total. The maximum absolute atomic E-state index is 9.76. The summed E-state index contributed by atoms with van der Waals surface area (Å²) in [5.41, 5.74) is 1.89. The van der Waals surface area contributed by atoms with Crippen LogP contribution in [-0.2, 0) is 6.54 Å². The van der Waals surface area contributed by atoms with Gasteiger partial charge in [-0.25, -0.2) is 4.98 Å². The Morgan fingerprint density at radius 2 is 2.24 bits per heavy atom. The minimum atomic E-state index is -0.557. The quantitative estimate of drug-likeness (QED) is 0.904. The zero-order valence-corrected chi connectivity index (χ0v) is 10.9. The van der Waals surface area contributed by atoms with Crippen molar-refractivity contribution in [3.8, 4) is 0 Å². The van der Waals surface area contributed by atoms with E-state index in [0.29, 0.717) is 5.02 Å². The van der Waals surface area contributed by atoms with E-state index >= 15 is 0 Å². The average Bonchev–Trinajstić information content (AvgIpc) is 2.64. The van der Waals surface area contributed by atoms with Crippen LogP contribution in [-0.4, -0.2) is 14.7 Å². The fourth-order valence-electron chi connectivity index (χ4n) is 1.99. The predicted octanol–water partition coefficient (Wildman–Crippen LogP) is 3.54. The van der Waals surface area contributed by atoms with Gasteiger partial charge in [-0.15, -0.1) is 0 Å². The van der Waals surface area contributed by atoms with Gasteiger partial charge >= 0.3 is 0 Å². The second-order valence-electron chi connectivity index (χ2n) is 4.28. The third-order valence-corrected chi connectivity index (χ3v) is 3.08. The summed E-state index contributed by atoms with van der Waals surface area (Å²) >= 11 is 5.95. The number of unbranched alkanes of at least 4 members (excludes halogenated alkanes) is 1. The number of aliphatic hydroxyl groups excluding tert-OH is 1. The monoisotopic (exact) mass is 252 g/mol. The van der Waals surface area contributed by atoms with Crippen LogP contribution in [0.5, 0.6) is 0 Å². The highest BCUT2D eigenvalue weighted by atomic mass is 35.5. The number of aliphatic hydroxyl groups is 1. The number of rotatable bonds is 4. The first kappa shape index (κ1) is 12.4. The normalized spacial score (nSPS) is 13.2. The lowest BCUT2D eigenvalue weighted by molar-refractivity contribution is 0.184. The standard InChI is InChI=1S/C13H17ClN2O/c1-3-4-7-16-12-6-5-10(14)8-11(12)15-13(16)9(2)17/h5-6,8-9,17H,3-4,7H2,1-2H3/t9-/m0/s1. The molecule has 0 radical (unpaired) electrons. The second kappa shape index (κ2) is 5.07. The Hall–Kier alpha value is -1.06. The highest BCUT2D eigenvalue weighted by Gasteiger charge is 2.14. The Kier molecular flexibility index (Phi) is 3.69. The molecule has 92 valence electrons. The molecule has 2 rings (SSSR count). The van der Waals surface area contributed by atoms with E-state index in [2.05, 4.69) is 16.5 Å². The molecule has 1 aromatic carbocycles. The van der Waals surface area contributed by atoms with Gasteiger partial charge in [-0.2, -0.15) is 0 Å². The van der Waals surface area contributed by atoms with Gasteiger partial charge in [0.25, 0.3) is 0 Å². The van der Waals surface area contributed by atoms with Crippen molar-refractivity contribution in [3.05, 3.63) is 29.0 Å². The number of nitrogens with zero attached hydrogens (tertiary/aromatic N) is 2. The summed E-state index contributed by atoms with van der Waals surface area (Å²) in [6.45, 7) is 4.78. The van der Waals surface area contributed by atoms with Gasteiger partial charge < -0.3 is 9.67 Å². The van der Waals surface area contributed by atoms with Crippen molar-refractivity contribution in [2.45, 2.75) is 39.3 Å². The number of aryl methyl sites for hydroxylation is 1. The maximum Gasteiger partial charge on any atom is 0.138 e. The SMILES string of the molecule is CCCCn1c([C@H](C)O)nc2cc(Cl)ccc21. The van der Waals surface area contributed by atoms with Crippen LogP contribution in [0.15, 0.2) is 18.2 Å². The molecule has 0 spiro atoms. The first-order chi connectivity index (χ1) is 8.13. The Morgan fingerprint density at radius 1 is 1.47 bits per heavy atom. The predicted molar refractivity (Wildman–Crippen MR) is 70.3 cm³/mol. The lowest BCUT2D eigenvalue weighted by Gasteiger charge is -2.09. The van der Waals surface area contributed by atoms with Crippen LogP contribution in [0.4, 0.5) is 0 Å². The fourth-order valence-corrected chi connectivity index (χ4v) is 2.16. The molecular formula is C13H17ClN2O. The number of imidazole rings is 1. The van der Waals surface area contributed by atoms with Crippen LogP contribution in [0.3, 0.4) is 0 Å². The van der Waals surface area contributed by atoms with E-state index < -0.39 is 6.10 Å². The molecular weight excluding hydrogens is 236 g/mol. The molecule has 0 saturated heterocycles. The third kappa shape index (κ3) is 2.45. The van der Waals surface area contributed by atoms with Crippen LogP contribution in [0.25, 0.3) is 11.0 Å². The second-order valence-corrected chi connectivity index (χ2v) is 4.72. The Morgan fingerprint density at radius 3 is 2.88 bits per heavy atom. The van der Waals surface area contributed by atoms with Gasteiger partial charge in [0, 0.05) is 11.6 Å². The lowest BCUT2D eigenvalue weighted by atomic mass is 10.3. The van der Waals surface area contributed by atoms with Crippen LogP contribution in [0.2, 0.25) is 5.02 Å². The van der Waals surface area contributed by atoms with Crippen molar-refractivity contribution in [1.82, 2.24) is 9.55 Å². The van der Waals surface area contributed by atoms with Crippen LogP contribution in [0, 0.1) is 0 Å². The minimum Gasteiger partial charge on any atom is -0.385 e. The molecule has 1 N–H and O–H groups in total. The smallest absolute Gasteiger partial charge is 0.138 e. The van der Waals surface area contributed by atoms with Gasteiger partial charge in [0.15, 0.2) is 0 Å². The molecule has 0 saturated carbocycles. The van der Waals surface area contributed by atoms with E-state index in [1.54, 1.807) is 6.92 Å². The summed E-state index contributed by atoms with van der Waals surface area (Å²) in [6, 6.07) is 5.66. The summed E-state index contributed by atoms with van der Waals surface area (Å²) in [5.74, 6) is 0.718. The molecule has 0 bridgehead atoms. The average molecular weight is 253 g/mol. The van der Waals surface area contributed by atoms with Gasteiger partial charge in [-0.3, -0.25) is 0 Å². The number of halogens is 1. The Balaban J connectivity index is 2.54. The van der Waals surface area contributed by atoms with Gasteiger partial charge in [0.1, 0.15) is 11.9 Å². The molecule has 0 aliphatic carbocycles. The molecule has 1 atom stereocenters. The van der Waals surface area contributed by atoms with Crippen molar-refractivity contribution >= 4 is 22.6 Å². The topological polar surface area (TPSA) is 38.0 Å². The highest BCUT2D eigenvalue weighted by Crippen LogP contribution is 2.24. The molecule has 0 amide bonds. The number of hydrogen-bond acceptors (Lipinski definition) is 2. The molecule has 2 aromatic rings. The molecule has 1 aromatic heterocycles. The van der Waals surface area contributed by atoms with E-state index in [-0.39, 0.29) is 0 Å². The van der Waals surface area contributed by atoms with Gasteiger partial charge in [-0.05, 0) is 31.5 Å². The largest absolute Gasteiger partial charge is 0.385 e. The number of benzene rings is 1. The molecule has 0 unspecified atom stereocenters. The summed E-state index contributed by atoms with van der Waals surface area (Å²) in [5, 5.41) is 10.4. The van der Waals surface area contributed by atoms with Gasteiger partial charge in [0.2, 0.25) is 0 Å². The zero-order valence-electron chi connectivity index (χ0n) is 10.2. The van der Waals surface area contributed by atoms with Crippen LogP contribution >= 0.6 is 11.6 Å². The van der Waals surface area contributed by atoms with E-state index in [9.17, 15) is 5.11 Å². The molecule has 1 heterocycles. The van der Waals surface area contributed by atoms with Crippen molar-refractivity contribution in [1.29, 1.82) is 0 Å². The first-order valence-corrected chi connectivity index (χ1v) is 6.35. The summed E-state index contributed by atoms with van der Waals surface area (Å²) in [7, 11) is 0. The van der Waals surface area contributed by atoms with Crippen LogP contribution in [0.1, 0.15) is 38.6 Å². The van der Waals surface area contributed by atoms with E-state index in [1.807, 2.05) is 18.2 Å². The highest BCUT2D eigenvalue weighted by molar-refractivity contribution is 6.31. The third-order valence-electron chi connectivity index (χ3n) is 2.85. The number of aromatic nitrogens is 2. The Bertz CT molecular complexity index is 519. The van der Waals surface area contributed by atoms with E-state index in [0.717, 1.165) is 36.2 Å². The number of fused-ring (bicyclic) bond motifs is 1. The fraction of sp³-hybridized carbons (Fsp3) is 0.462. The van der Waals surface area contributed by atoms with E-state index in [1.165, 1.54) is 0 Å². The molecule has 4 heteroatoms.